The van der Waals surface area contributed by atoms with Crippen molar-refractivity contribution in [2.45, 2.75) is 64.1 Å². The normalized spacial score (nSPS) is 21.4. The Kier molecular flexibility index (Phi) is 5.07. The van der Waals surface area contributed by atoms with E-state index in [0.29, 0.717) is 12.6 Å². The summed E-state index contributed by atoms with van der Waals surface area (Å²) in [6.45, 7) is 4.77. The number of benzene rings is 1. The Balaban J connectivity index is 1.63. The summed E-state index contributed by atoms with van der Waals surface area (Å²) in [6, 6.07) is 8.11. The minimum atomic E-state index is -0.318. The van der Waals surface area contributed by atoms with Crippen molar-refractivity contribution >= 4 is 11.9 Å². The second-order valence-electron chi connectivity index (χ2n) is 6.96. The number of carbonyl (C=O) groups is 2. The van der Waals surface area contributed by atoms with Crippen LogP contribution in [0.15, 0.2) is 24.3 Å². The molecular weight excluding hydrogens is 302 g/mol. The van der Waals surface area contributed by atoms with Gasteiger partial charge in [-0.25, -0.2) is 4.79 Å². The number of nitrogens with zero attached hydrogens (tertiary/aromatic N) is 1. The highest BCUT2D eigenvalue weighted by Crippen LogP contribution is 2.24. The first-order valence-corrected chi connectivity index (χ1v) is 9.02. The summed E-state index contributed by atoms with van der Waals surface area (Å²) in [4.78, 5) is 26.7. The molecule has 0 spiro atoms. The number of likely N-dealkylation sites (tertiary alicyclic amines) is 1. The molecule has 1 aromatic carbocycles. The van der Waals surface area contributed by atoms with Gasteiger partial charge in [0, 0.05) is 12.6 Å². The smallest absolute Gasteiger partial charge is 0.318 e. The lowest BCUT2D eigenvalue weighted by Crippen LogP contribution is -2.50. The van der Waals surface area contributed by atoms with Gasteiger partial charge in [0.15, 0.2) is 0 Å². The molecule has 2 aliphatic rings. The summed E-state index contributed by atoms with van der Waals surface area (Å²) < 4.78 is 0. The molecule has 1 heterocycles. The van der Waals surface area contributed by atoms with E-state index >= 15 is 0 Å². The highest BCUT2D eigenvalue weighted by molar-refractivity contribution is 5.88. The summed E-state index contributed by atoms with van der Waals surface area (Å²) in [5.74, 6) is 0.00790. The monoisotopic (exact) mass is 329 g/mol. The van der Waals surface area contributed by atoms with Crippen LogP contribution >= 0.6 is 0 Å². The molecule has 5 heteroatoms. The fourth-order valence-electron chi connectivity index (χ4n) is 3.26. The van der Waals surface area contributed by atoms with Crippen LogP contribution in [0.4, 0.5) is 4.79 Å². The SMILES string of the molecule is CCC(NC(=O)N1CCCC1C(=O)NC1CC1)c1ccc(C)cc1. The maximum atomic E-state index is 12.7. The molecule has 130 valence electrons. The molecule has 2 atom stereocenters. The van der Waals surface area contributed by atoms with E-state index in [-0.39, 0.29) is 24.0 Å². The predicted octanol–water partition coefficient (Wildman–Crippen LogP) is 2.90. The number of carbonyl (C=O) groups excluding carboxylic acids is 2. The number of rotatable bonds is 5. The number of amides is 3. The molecule has 2 N–H and O–H groups in total. The van der Waals surface area contributed by atoms with E-state index in [2.05, 4.69) is 48.7 Å². The maximum absolute atomic E-state index is 12.7. The van der Waals surface area contributed by atoms with Gasteiger partial charge in [0.1, 0.15) is 6.04 Å². The molecule has 1 aliphatic heterocycles. The van der Waals surface area contributed by atoms with Crippen LogP contribution in [0.5, 0.6) is 0 Å². The van der Waals surface area contributed by atoms with Gasteiger partial charge in [-0.05, 0) is 44.6 Å². The fourth-order valence-corrected chi connectivity index (χ4v) is 3.26. The number of urea groups is 1. The third kappa shape index (κ3) is 3.89. The molecule has 24 heavy (non-hydrogen) atoms. The van der Waals surface area contributed by atoms with Gasteiger partial charge < -0.3 is 15.5 Å². The molecule has 3 rings (SSSR count). The first kappa shape index (κ1) is 16.8. The lowest BCUT2D eigenvalue weighted by Gasteiger charge is -2.27. The summed E-state index contributed by atoms with van der Waals surface area (Å²) in [5.41, 5.74) is 2.31. The van der Waals surface area contributed by atoms with Crippen LogP contribution < -0.4 is 10.6 Å². The predicted molar refractivity (Wildman–Crippen MR) is 93.6 cm³/mol. The van der Waals surface area contributed by atoms with Crippen LogP contribution in [0.1, 0.15) is 56.2 Å². The van der Waals surface area contributed by atoms with Crippen molar-refractivity contribution < 1.29 is 9.59 Å². The Morgan fingerprint density at radius 3 is 2.54 bits per heavy atom. The van der Waals surface area contributed by atoms with E-state index in [1.165, 1.54) is 5.56 Å². The summed E-state index contributed by atoms with van der Waals surface area (Å²) in [7, 11) is 0. The summed E-state index contributed by atoms with van der Waals surface area (Å²) in [5, 5.41) is 6.13. The average molecular weight is 329 g/mol. The number of hydrogen-bond donors (Lipinski definition) is 2. The zero-order valence-electron chi connectivity index (χ0n) is 14.5. The van der Waals surface area contributed by atoms with Crippen molar-refractivity contribution in [2.24, 2.45) is 0 Å². The Hall–Kier alpha value is -2.04. The Morgan fingerprint density at radius 2 is 1.92 bits per heavy atom. The first-order chi connectivity index (χ1) is 11.6. The van der Waals surface area contributed by atoms with E-state index in [9.17, 15) is 9.59 Å². The number of hydrogen-bond acceptors (Lipinski definition) is 2. The van der Waals surface area contributed by atoms with Crippen LogP contribution in [-0.2, 0) is 4.79 Å². The molecule has 3 amide bonds. The van der Waals surface area contributed by atoms with Crippen LogP contribution in [0.3, 0.4) is 0 Å². The molecule has 1 aliphatic carbocycles. The van der Waals surface area contributed by atoms with E-state index in [4.69, 9.17) is 0 Å². The van der Waals surface area contributed by atoms with Gasteiger partial charge in [-0.1, -0.05) is 36.8 Å². The van der Waals surface area contributed by atoms with Crippen LogP contribution in [0.2, 0.25) is 0 Å². The standard InChI is InChI=1S/C19H27N3O2/c1-3-16(14-8-6-13(2)7-9-14)21-19(24)22-12-4-5-17(22)18(23)20-15-10-11-15/h6-9,15-17H,3-5,10-12H2,1-2H3,(H,20,23)(H,21,24). The van der Waals surface area contributed by atoms with Crippen LogP contribution in [0.25, 0.3) is 0 Å². The van der Waals surface area contributed by atoms with Gasteiger partial charge in [0.05, 0.1) is 6.04 Å². The minimum Gasteiger partial charge on any atom is -0.352 e. The molecule has 1 aromatic rings. The highest BCUT2D eigenvalue weighted by Gasteiger charge is 2.36. The largest absolute Gasteiger partial charge is 0.352 e. The van der Waals surface area contributed by atoms with Crippen LogP contribution in [-0.4, -0.2) is 35.5 Å². The van der Waals surface area contributed by atoms with E-state index in [1.807, 2.05) is 0 Å². The second kappa shape index (κ2) is 7.24. The average Bonchev–Trinajstić information content (AvgIpc) is 3.25. The van der Waals surface area contributed by atoms with Gasteiger partial charge in [0.25, 0.3) is 0 Å². The molecule has 2 unspecified atom stereocenters. The van der Waals surface area contributed by atoms with E-state index in [1.54, 1.807) is 4.90 Å². The van der Waals surface area contributed by atoms with Gasteiger partial charge in [-0.2, -0.15) is 0 Å². The third-order valence-corrected chi connectivity index (χ3v) is 4.93. The van der Waals surface area contributed by atoms with Gasteiger partial charge in [-0.15, -0.1) is 0 Å². The minimum absolute atomic E-state index is 0.00790. The zero-order valence-corrected chi connectivity index (χ0v) is 14.5. The van der Waals surface area contributed by atoms with Crippen molar-refractivity contribution in [1.82, 2.24) is 15.5 Å². The Morgan fingerprint density at radius 1 is 1.21 bits per heavy atom. The van der Waals surface area contributed by atoms with Crippen molar-refractivity contribution in [2.75, 3.05) is 6.54 Å². The van der Waals surface area contributed by atoms with Gasteiger partial charge in [0.2, 0.25) is 5.91 Å². The third-order valence-electron chi connectivity index (χ3n) is 4.93. The zero-order chi connectivity index (χ0) is 17.1. The lowest BCUT2D eigenvalue weighted by molar-refractivity contribution is -0.124. The van der Waals surface area contributed by atoms with Crippen molar-refractivity contribution in [3.05, 3.63) is 35.4 Å². The summed E-state index contributed by atoms with van der Waals surface area (Å²) in [6.07, 6.45) is 4.60. The second-order valence-corrected chi connectivity index (χ2v) is 6.96. The number of nitrogens with one attached hydrogen (secondary N) is 2. The molecule has 5 nitrogen and oxygen atoms in total. The Bertz CT molecular complexity index is 595. The van der Waals surface area contributed by atoms with E-state index < -0.39 is 0 Å². The lowest BCUT2D eigenvalue weighted by atomic mass is 10.0. The van der Waals surface area contributed by atoms with Crippen molar-refractivity contribution in [3.8, 4) is 0 Å². The molecule has 0 radical (unpaired) electrons. The highest BCUT2D eigenvalue weighted by atomic mass is 16.2. The van der Waals surface area contributed by atoms with Crippen LogP contribution in [0, 0.1) is 6.92 Å². The van der Waals surface area contributed by atoms with Gasteiger partial charge in [-0.3, -0.25) is 4.79 Å². The van der Waals surface area contributed by atoms with Crippen molar-refractivity contribution in [3.63, 3.8) is 0 Å². The van der Waals surface area contributed by atoms with Gasteiger partial charge >= 0.3 is 6.03 Å². The summed E-state index contributed by atoms with van der Waals surface area (Å²) >= 11 is 0. The topological polar surface area (TPSA) is 61.4 Å². The number of aryl methyl sites for hydroxylation is 1. The quantitative estimate of drug-likeness (QED) is 0.872. The van der Waals surface area contributed by atoms with Crippen molar-refractivity contribution in [1.29, 1.82) is 0 Å². The maximum Gasteiger partial charge on any atom is 0.318 e. The Labute approximate surface area is 143 Å². The molecule has 0 bridgehead atoms. The fraction of sp³-hybridized carbons (Fsp3) is 0.579. The first-order valence-electron chi connectivity index (χ1n) is 9.02. The molecular formula is C19H27N3O2. The molecule has 1 saturated carbocycles. The molecule has 1 saturated heterocycles. The molecule has 2 fully saturated rings. The molecule has 0 aromatic heterocycles. The van der Waals surface area contributed by atoms with E-state index in [0.717, 1.165) is 37.7 Å².